The number of carboxylic acids is 1. The predicted octanol–water partition coefficient (Wildman–Crippen LogP) is 6.03. The van der Waals surface area contributed by atoms with Crippen LogP contribution in [0.15, 0.2) is 66.7 Å². The molecule has 0 aliphatic heterocycles. The summed E-state index contributed by atoms with van der Waals surface area (Å²) in [6, 6.07) is 22.3. The lowest BCUT2D eigenvalue weighted by atomic mass is 9.85. The number of aliphatic carboxylic acids is 1. The minimum atomic E-state index is -0.768. The van der Waals surface area contributed by atoms with Crippen LogP contribution < -0.4 is 14.2 Å². The summed E-state index contributed by atoms with van der Waals surface area (Å²) >= 11 is 0. The zero-order valence-electron chi connectivity index (χ0n) is 22.0. The highest BCUT2D eigenvalue weighted by Crippen LogP contribution is 2.42. The van der Waals surface area contributed by atoms with Crippen LogP contribution in [0.1, 0.15) is 54.0 Å². The Labute approximate surface area is 219 Å². The van der Waals surface area contributed by atoms with Gasteiger partial charge in [-0.3, -0.25) is 4.79 Å². The van der Waals surface area contributed by atoms with Crippen molar-refractivity contribution in [2.45, 2.75) is 51.0 Å². The summed E-state index contributed by atoms with van der Waals surface area (Å²) in [5, 5.41) is 20.4. The van der Waals surface area contributed by atoms with Crippen molar-refractivity contribution in [3.63, 3.8) is 0 Å². The molecule has 0 bridgehead atoms. The van der Waals surface area contributed by atoms with Crippen LogP contribution in [-0.2, 0) is 24.1 Å². The largest absolute Gasteiger partial charge is 0.493 e. The molecule has 6 heteroatoms. The molecule has 3 rings (SSSR count). The van der Waals surface area contributed by atoms with Crippen molar-refractivity contribution in [3.8, 4) is 17.2 Å². The Morgan fingerprint density at radius 2 is 1.35 bits per heavy atom. The summed E-state index contributed by atoms with van der Waals surface area (Å²) in [4.78, 5) is 10.8. The Bertz CT molecular complexity index is 1090. The van der Waals surface area contributed by atoms with Gasteiger partial charge in [-0.2, -0.15) is 0 Å². The Morgan fingerprint density at radius 1 is 0.784 bits per heavy atom. The minimum Gasteiger partial charge on any atom is -0.493 e. The van der Waals surface area contributed by atoms with Gasteiger partial charge in [-0.1, -0.05) is 54.6 Å². The van der Waals surface area contributed by atoms with E-state index in [4.69, 9.17) is 19.3 Å². The molecule has 198 valence electrons. The molecule has 0 unspecified atom stereocenters. The summed E-state index contributed by atoms with van der Waals surface area (Å²) < 4.78 is 16.5. The molecule has 2 N–H and O–H groups in total. The molecule has 0 heterocycles. The number of ether oxygens (including phenoxy) is 3. The van der Waals surface area contributed by atoms with Gasteiger partial charge < -0.3 is 24.4 Å². The van der Waals surface area contributed by atoms with Gasteiger partial charge in [-0.25, -0.2) is 0 Å². The molecular weight excluding hydrogens is 468 g/mol. The zero-order valence-corrected chi connectivity index (χ0v) is 22.0. The van der Waals surface area contributed by atoms with Gasteiger partial charge in [0.05, 0.1) is 27.4 Å². The second-order valence-electron chi connectivity index (χ2n) is 9.31. The molecule has 0 aromatic heterocycles. The van der Waals surface area contributed by atoms with E-state index in [1.54, 1.807) is 21.3 Å². The maximum atomic E-state index is 11.6. The third-order valence-electron chi connectivity index (χ3n) is 6.74. The lowest BCUT2D eigenvalue weighted by molar-refractivity contribution is -0.137. The first kappa shape index (κ1) is 28.1. The highest BCUT2D eigenvalue weighted by atomic mass is 16.5. The summed E-state index contributed by atoms with van der Waals surface area (Å²) in [6.45, 7) is 0. The number of carbonyl (C=O) groups is 1. The van der Waals surface area contributed by atoms with Crippen molar-refractivity contribution in [1.82, 2.24) is 0 Å². The monoisotopic (exact) mass is 506 g/mol. The van der Waals surface area contributed by atoms with E-state index in [1.807, 2.05) is 18.2 Å². The maximum absolute atomic E-state index is 11.6. The van der Waals surface area contributed by atoms with E-state index in [-0.39, 0.29) is 12.3 Å². The van der Waals surface area contributed by atoms with Crippen molar-refractivity contribution in [3.05, 3.63) is 89.0 Å². The SMILES string of the molecule is COc1cc([C@@H](O)[C@@H](CCCc2ccccc2)Cc2ccc(CCCC(=O)O)cc2)cc(OC)c1OC. The maximum Gasteiger partial charge on any atom is 0.303 e. The van der Waals surface area contributed by atoms with Gasteiger partial charge in [0.25, 0.3) is 0 Å². The van der Waals surface area contributed by atoms with E-state index in [2.05, 4.69) is 48.5 Å². The number of carboxylic acid groups (broad SMARTS) is 1. The van der Waals surface area contributed by atoms with Crippen LogP contribution in [0.25, 0.3) is 0 Å². The minimum absolute atomic E-state index is 0.0237. The van der Waals surface area contributed by atoms with Crippen molar-refractivity contribution < 1.29 is 29.2 Å². The Morgan fingerprint density at radius 3 is 1.92 bits per heavy atom. The number of methoxy groups -OCH3 is 3. The number of hydrogen-bond acceptors (Lipinski definition) is 5. The molecule has 3 aromatic carbocycles. The van der Waals surface area contributed by atoms with Crippen molar-refractivity contribution in [2.75, 3.05) is 21.3 Å². The molecule has 0 fully saturated rings. The van der Waals surface area contributed by atoms with Crippen molar-refractivity contribution in [2.24, 2.45) is 5.92 Å². The van der Waals surface area contributed by atoms with Gasteiger partial charge in [0.1, 0.15) is 0 Å². The van der Waals surface area contributed by atoms with Gasteiger partial charge in [-0.05, 0) is 78.8 Å². The fourth-order valence-electron chi connectivity index (χ4n) is 4.72. The van der Waals surface area contributed by atoms with E-state index >= 15 is 0 Å². The molecule has 2 atom stereocenters. The number of benzene rings is 3. The molecule has 3 aromatic rings. The van der Waals surface area contributed by atoms with Crippen LogP contribution in [0.2, 0.25) is 0 Å². The second kappa shape index (κ2) is 14.3. The number of aryl methyl sites for hydroxylation is 2. The van der Waals surface area contributed by atoms with E-state index < -0.39 is 12.1 Å². The number of hydrogen-bond donors (Lipinski definition) is 2. The quantitative estimate of drug-likeness (QED) is 0.262. The average molecular weight is 507 g/mol. The lowest BCUT2D eigenvalue weighted by Crippen LogP contribution is -2.16. The van der Waals surface area contributed by atoms with E-state index in [0.29, 0.717) is 30.1 Å². The van der Waals surface area contributed by atoms with Gasteiger partial charge in [0.15, 0.2) is 11.5 Å². The van der Waals surface area contributed by atoms with Gasteiger partial charge in [0, 0.05) is 6.42 Å². The Balaban J connectivity index is 1.79. The zero-order chi connectivity index (χ0) is 26.6. The third kappa shape index (κ3) is 8.25. The topological polar surface area (TPSA) is 85.2 Å². The molecule has 37 heavy (non-hydrogen) atoms. The molecule has 0 saturated heterocycles. The van der Waals surface area contributed by atoms with Crippen molar-refractivity contribution >= 4 is 5.97 Å². The average Bonchev–Trinajstić information content (AvgIpc) is 2.92. The Hall–Kier alpha value is -3.51. The summed E-state index contributed by atoms with van der Waals surface area (Å²) in [5.41, 5.74) is 4.27. The van der Waals surface area contributed by atoms with Crippen LogP contribution in [0.4, 0.5) is 0 Å². The standard InChI is InChI=1S/C31H38O6/c1-35-27-20-26(21-28(36-2)31(27)37-3)30(34)25(13-7-11-22-9-5-4-6-10-22)19-24-17-15-23(16-18-24)12-8-14-29(32)33/h4-6,9-10,15-18,20-21,25,30,34H,7-8,11-14,19H2,1-3H3,(H,32,33)/t25-,30-/m0/s1. The first-order chi connectivity index (χ1) is 17.9. The third-order valence-corrected chi connectivity index (χ3v) is 6.74. The molecular formula is C31H38O6. The van der Waals surface area contributed by atoms with E-state index in [0.717, 1.165) is 42.4 Å². The fourth-order valence-corrected chi connectivity index (χ4v) is 4.72. The van der Waals surface area contributed by atoms with E-state index in [1.165, 1.54) is 5.56 Å². The van der Waals surface area contributed by atoms with Gasteiger partial charge >= 0.3 is 5.97 Å². The summed E-state index contributed by atoms with van der Waals surface area (Å²) in [5.74, 6) is 0.745. The fraction of sp³-hybridized carbons (Fsp3) is 0.387. The van der Waals surface area contributed by atoms with Crippen LogP contribution in [0.5, 0.6) is 17.2 Å². The molecule has 0 radical (unpaired) electrons. The highest BCUT2D eigenvalue weighted by molar-refractivity contribution is 5.66. The number of aliphatic hydroxyl groups excluding tert-OH is 1. The normalized spacial score (nSPS) is 12.5. The second-order valence-corrected chi connectivity index (χ2v) is 9.31. The van der Waals surface area contributed by atoms with Gasteiger partial charge in [-0.15, -0.1) is 0 Å². The van der Waals surface area contributed by atoms with E-state index in [9.17, 15) is 9.90 Å². The smallest absolute Gasteiger partial charge is 0.303 e. The van der Waals surface area contributed by atoms with Crippen LogP contribution >= 0.6 is 0 Å². The predicted molar refractivity (Wildman–Crippen MR) is 145 cm³/mol. The molecule has 0 saturated carbocycles. The molecule has 0 aliphatic rings. The van der Waals surface area contributed by atoms with Crippen molar-refractivity contribution in [1.29, 1.82) is 0 Å². The van der Waals surface area contributed by atoms with Gasteiger partial charge in [0.2, 0.25) is 5.75 Å². The summed E-state index contributed by atoms with van der Waals surface area (Å²) in [7, 11) is 4.71. The molecule has 0 spiro atoms. The van der Waals surface area contributed by atoms with Crippen LogP contribution in [-0.4, -0.2) is 37.5 Å². The number of rotatable bonds is 15. The van der Waals surface area contributed by atoms with Crippen LogP contribution in [0, 0.1) is 5.92 Å². The number of aliphatic hydroxyl groups is 1. The lowest BCUT2D eigenvalue weighted by Gasteiger charge is -2.25. The molecule has 6 nitrogen and oxygen atoms in total. The first-order valence-electron chi connectivity index (χ1n) is 12.8. The van der Waals surface area contributed by atoms with Crippen LogP contribution in [0.3, 0.4) is 0 Å². The Kier molecular flexibility index (Phi) is 10.8. The summed E-state index contributed by atoms with van der Waals surface area (Å²) in [6.07, 6.45) is 4.25. The molecule has 0 aliphatic carbocycles. The highest BCUT2D eigenvalue weighted by Gasteiger charge is 2.25. The molecule has 0 amide bonds. The first-order valence-corrected chi connectivity index (χ1v) is 12.8.